The van der Waals surface area contributed by atoms with Gasteiger partial charge in [-0.25, -0.2) is 21.6 Å². The molecule has 0 heterocycles. The van der Waals surface area contributed by atoms with Gasteiger partial charge >= 0.3 is 5.97 Å². The van der Waals surface area contributed by atoms with Crippen molar-refractivity contribution in [2.24, 2.45) is 5.73 Å². The summed E-state index contributed by atoms with van der Waals surface area (Å²) in [5.41, 5.74) is 7.56. The van der Waals surface area contributed by atoms with Crippen LogP contribution in [0.15, 0.2) is 66.7 Å². The van der Waals surface area contributed by atoms with Gasteiger partial charge in [0.05, 0.1) is 24.6 Å². The van der Waals surface area contributed by atoms with Crippen molar-refractivity contribution < 1.29 is 36.2 Å². The number of nitrogen functional groups attached to an aromatic ring is 1. The van der Waals surface area contributed by atoms with E-state index < -0.39 is 37.8 Å². The van der Waals surface area contributed by atoms with Crippen molar-refractivity contribution in [2.45, 2.75) is 26.0 Å². The van der Waals surface area contributed by atoms with Crippen molar-refractivity contribution >= 4 is 43.2 Å². The number of ether oxygens (including phenoxy) is 2. The van der Waals surface area contributed by atoms with E-state index in [1.165, 1.54) is 19.2 Å². The summed E-state index contributed by atoms with van der Waals surface area (Å²) in [4.78, 5) is 11.3. The second-order valence-corrected chi connectivity index (χ2v) is 13.1. The molecule has 0 bridgehead atoms. The molecule has 1 unspecified atom stereocenters. The Labute approximate surface area is 251 Å². The van der Waals surface area contributed by atoms with Crippen LogP contribution in [0.1, 0.15) is 36.1 Å². The van der Waals surface area contributed by atoms with Crippen molar-refractivity contribution in [2.75, 3.05) is 35.2 Å². The van der Waals surface area contributed by atoms with E-state index in [2.05, 4.69) is 14.8 Å². The average molecular weight is 634 g/mol. The van der Waals surface area contributed by atoms with E-state index >= 15 is 0 Å². The Kier molecular flexibility index (Phi) is 11.3. The zero-order valence-electron chi connectivity index (χ0n) is 23.7. The van der Waals surface area contributed by atoms with Gasteiger partial charge < -0.3 is 25.6 Å². The molecule has 0 aliphatic carbocycles. The van der Waals surface area contributed by atoms with Crippen LogP contribution in [0.4, 0.5) is 11.4 Å². The molecule has 13 nitrogen and oxygen atoms in total. The van der Waals surface area contributed by atoms with Gasteiger partial charge in [-0.1, -0.05) is 37.3 Å². The summed E-state index contributed by atoms with van der Waals surface area (Å²) in [5.74, 6) is -2.63. The minimum atomic E-state index is -4.38. The minimum Gasteiger partial charge on any atom is -0.493 e. The highest BCUT2D eigenvalue weighted by Gasteiger charge is 2.25. The first kappa shape index (κ1) is 33.2. The van der Waals surface area contributed by atoms with Gasteiger partial charge in [0.25, 0.3) is 0 Å². The number of benzene rings is 3. The van der Waals surface area contributed by atoms with Gasteiger partial charge in [-0.3, -0.25) is 14.9 Å². The number of hydrogen-bond donors (Lipinski definition) is 6. The number of carboxylic acid groups (broad SMARTS) is 1. The summed E-state index contributed by atoms with van der Waals surface area (Å²) < 4.78 is 67.0. The normalized spacial score (nSPS) is 12.2. The third kappa shape index (κ3) is 10.2. The van der Waals surface area contributed by atoms with Gasteiger partial charge in [-0.2, -0.15) is 0 Å². The van der Waals surface area contributed by atoms with Crippen LogP contribution in [0.25, 0.3) is 0 Å². The molecule has 0 aliphatic rings. The maximum atomic E-state index is 12.8. The molecule has 3 aromatic rings. The molecule has 7 N–H and O–H groups in total. The Morgan fingerprint density at radius 2 is 1.67 bits per heavy atom. The third-order valence-corrected chi connectivity index (χ3v) is 8.75. The first-order chi connectivity index (χ1) is 20.3. The Morgan fingerprint density at radius 3 is 2.26 bits per heavy atom. The van der Waals surface area contributed by atoms with Crippen molar-refractivity contribution in [1.82, 2.24) is 4.72 Å². The summed E-state index contributed by atoms with van der Waals surface area (Å²) >= 11 is 0. The molecule has 43 heavy (non-hydrogen) atoms. The number of amidine groups is 1. The lowest BCUT2D eigenvalue weighted by Gasteiger charge is -2.25. The monoisotopic (exact) mass is 633 g/mol. The maximum Gasteiger partial charge on any atom is 0.320 e. The molecule has 0 aromatic heterocycles. The molecular formula is C28H35N5O8S2. The van der Waals surface area contributed by atoms with Crippen molar-refractivity contribution in [1.29, 1.82) is 5.41 Å². The highest BCUT2D eigenvalue weighted by Crippen LogP contribution is 2.38. The van der Waals surface area contributed by atoms with Gasteiger partial charge in [0.1, 0.15) is 12.4 Å². The number of carbonyl (C=O) groups is 1. The molecule has 0 radical (unpaired) electrons. The van der Waals surface area contributed by atoms with Crippen LogP contribution in [0.5, 0.6) is 11.5 Å². The Morgan fingerprint density at radius 1 is 1.00 bits per heavy atom. The van der Waals surface area contributed by atoms with Crippen LogP contribution in [-0.2, 0) is 31.4 Å². The van der Waals surface area contributed by atoms with E-state index in [0.717, 1.165) is 5.56 Å². The lowest BCUT2D eigenvalue weighted by Crippen LogP contribution is -2.33. The Bertz CT molecular complexity index is 1630. The van der Waals surface area contributed by atoms with E-state index in [0.29, 0.717) is 17.7 Å². The second-order valence-electron chi connectivity index (χ2n) is 9.47. The van der Waals surface area contributed by atoms with Crippen molar-refractivity contribution in [3.63, 3.8) is 0 Å². The number of aliphatic carboxylic acids is 1. The molecule has 3 aromatic carbocycles. The number of anilines is 2. The van der Waals surface area contributed by atoms with Gasteiger partial charge in [-0.05, 0) is 42.3 Å². The first-order valence-corrected chi connectivity index (χ1v) is 16.4. The van der Waals surface area contributed by atoms with E-state index in [1.54, 1.807) is 31.2 Å². The maximum absolute atomic E-state index is 12.8. The highest BCUT2D eigenvalue weighted by atomic mass is 32.2. The fraction of sp³-hybridized carbons (Fsp3) is 0.286. The quantitative estimate of drug-likeness (QED) is 0.0945. The largest absolute Gasteiger partial charge is 0.493 e. The highest BCUT2D eigenvalue weighted by molar-refractivity contribution is 7.93. The third-order valence-electron chi connectivity index (χ3n) is 6.04. The van der Waals surface area contributed by atoms with Crippen LogP contribution >= 0.6 is 0 Å². The first-order valence-electron chi connectivity index (χ1n) is 13.1. The number of nitrogens with one attached hydrogen (secondary N) is 4. The average Bonchev–Trinajstić information content (AvgIpc) is 2.94. The molecule has 0 fully saturated rings. The number of methoxy groups -OCH3 is 1. The molecule has 3 rings (SSSR count). The molecule has 0 aliphatic heterocycles. The predicted octanol–water partition coefficient (Wildman–Crippen LogP) is 2.87. The zero-order valence-corrected chi connectivity index (χ0v) is 25.3. The van der Waals surface area contributed by atoms with Crippen LogP contribution in [0, 0.1) is 5.41 Å². The van der Waals surface area contributed by atoms with E-state index in [-0.39, 0.29) is 47.5 Å². The fourth-order valence-corrected chi connectivity index (χ4v) is 6.07. The summed E-state index contributed by atoms with van der Waals surface area (Å²) in [6, 6.07) is 17.6. The van der Waals surface area contributed by atoms with Gasteiger partial charge in [0.15, 0.2) is 17.3 Å². The predicted molar refractivity (Wildman–Crippen MR) is 165 cm³/mol. The van der Waals surface area contributed by atoms with Crippen LogP contribution in [0.3, 0.4) is 0 Å². The molecular weight excluding hydrogens is 598 g/mol. The molecule has 0 amide bonds. The van der Waals surface area contributed by atoms with Crippen LogP contribution in [0.2, 0.25) is 0 Å². The molecule has 232 valence electrons. The second kappa shape index (κ2) is 14.7. The fourth-order valence-electron chi connectivity index (χ4n) is 4.06. The summed E-state index contributed by atoms with van der Waals surface area (Å²) in [7, 11) is -6.66. The lowest BCUT2D eigenvalue weighted by molar-refractivity contribution is -0.134. The molecule has 0 spiro atoms. The van der Waals surface area contributed by atoms with Gasteiger partial charge in [-0.15, -0.1) is 0 Å². The van der Waals surface area contributed by atoms with E-state index in [1.807, 2.05) is 30.3 Å². The number of rotatable bonds is 17. The molecule has 1 atom stereocenters. The SMILES string of the molecule is CCCS(=O)(=O)NCC(Nc1ccc(C(=N)N)cc1)c1cc(OC)c(OCc2ccccc2)cc1NS(=O)(=O)CC(=O)O. The topological polar surface area (TPSA) is 210 Å². The number of sulfonamides is 2. The molecule has 0 saturated carbocycles. The summed E-state index contributed by atoms with van der Waals surface area (Å²) in [6.45, 7) is 1.64. The number of nitrogens with two attached hydrogens (primary N) is 1. The summed E-state index contributed by atoms with van der Waals surface area (Å²) in [6.07, 6.45) is 0.376. The standard InChI is InChI=1S/C28H35N5O8S2/c1-3-13-42(36,37)31-16-24(32-21-11-9-20(10-12-21)28(29)30)22-14-25(40-2)26(41-17-19-7-5-4-6-8-19)15-23(22)33-43(38,39)18-27(34)35/h4-12,14-15,24,31-33H,3,13,16-18H2,1-2H3,(H3,29,30)(H,34,35). The smallest absolute Gasteiger partial charge is 0.320 e. The number of carboxylic acids is 1. The number of hydrogen-bond acceptors (Lipinski definition) is 9. The Balaban J connectivity index is 2.11. The Hall–Kier alpha value is -4.34. The van der Waals surface area contributed by atoms with E-state index in [9.17, 15) is 21.6 Å². The van der Waals surface area contributed by atoms with Crippen LogP contribution < -0.4 is 30.0 Å². The summed E-state index contributed by atoms with van der Waals surface area (Å²) in [5, 5.41) is 20.0. The van der Waals surface area contributed by atoms with E-state index in [4.69, 9.17) is 25.7 Å². The van der Waals surface area contributed by atoms with Crippen molar-refractivity contribution in [3.8, 4) is 11.5 Å². The molecule has 15 heteroatoms. The van der Waals surface area contributed by atoms with Crippen molar-refractivity contribution in [3.05, 3.63) is 83.4 Å². The minimum absolute atomic E-state index is 0.0438. The lowest BCUT2D eigenvalue weighted by atomic mass is 10.0. The molecule has 0 saturated heterocycles. The zero-order chi connectivity index (χ0) is 31.6. The van der Waals surface area contributed by atoms with Crippen LogP contribution in [-0.4, -0.2) is 58.9 Å². The van der Waals surface area contributed by atoms with Gasteiger partial charge in [0, 0.05) is 29.4 Å². The van der Waals surface area contributed by atoms with Gasteiger partial charge in [0.2, 0.25) is 20.0 Å².